The average Bonchev–Trinajstić information content (AvgIpc) is 2.66. The van der Waals surface area contributed by atoms with Gasteiger partial charge >= 0.3 is 0 Å². The summed E-state index contributed by atoms with van der Waals surface area (Å²) in [6.07, 6.45) is 4.55. The van der Waals surface area contributed by atoms with Crippen LogP contribution in [0.25, 0.3) is 0 Å². The van der Waals surface area contributed by atoms with Gasteiger partial charge in [-0.2, -0.15) is 0 Å². The van der Waals surface area contributed by atoms with Gasteiger partial charge in [-0.15, -0.1) is 0 Å². The van der Waals surface area contributed by atoms with Gasteiger partial charge in [0.1, 0.15) is 0 Å². The van der Waals surface area contributed by atoms with Crippen LogP contribution in [-0.2, 0) is 11.2 Å². The van der Waals surface area contributed by atoms with Crippen molar-refractivity contribution in [1.29, 1.82) is 0 Å². The maximum absolute atomic E-state index is 12.4. The van der Waals surface area contributed by atoms with Crippen molar-refractivity contribution >= 4 is 17.5 Å². The van der Waals surface area contributed by atoms with Gasteiger partial charge in [0.2, 0.25) is 5.91 Å². The number of hydrogen-bond acceptors (Lipinski definition) is 2. The van der Waals surface area contributed by atoms with Crippen LogP contribution in [-0.4, -0.2) is 35.1 Å². The molecule has 0 radical (unpaired) electrons. The van der Waals surface area contributed by atoms with E-state index in [1.54, 1.807) is 12.1 Å². The SMILES string of the molecule is O=C(Cc1ccc(Cl)cc1)N1CCCCCC1CO. The highest BCUT2D eigenvalue weighted by Gasteiger charge is 2.24. The number of likely N-dealkylation sites (tertiary alicyclic amines) is 1. The third-order valence-electron chi connectivity index (χ3n) is 3.68. The van der Waals surface area contributed by atoms with E-state index < -0.39 is 0 Å². The topological polar surface area (TPSA) is 40.5 Å². The first-order valence-electron chi connectivity index (χ1n) is 6.85. The van der Waals surface area contributed by atoms with Crippen LogP contribution in [0.1, 0.15) is 31.2 Å². The molecule has 0 aliphatic carbocycles. The van der Waals surface area contributed by atoms with Gasteiger partial charge in [-0.05, 0) is 30.5 Å². The zero-order valence-corrected chi connectivity index (χ0v) is 11.8. The van der Waals surface area contributed by atoms with Crippen molar-refractivity contribution in [2.45, 2.75) is 38.1 Å². The van der Waals surface area contributed by atoms with Gasteiger partial charge in [0.15, 0.2) is 0 Å². The third-order valence-corrected chi connectivity index (χ3v) is 3.93. The fourth-order valence-corrected chi connectivity index (χ4v) is 2.70. The summed E-state index contributed by atoms with van der Waals surface area (Å²) in [5.41, 5.74) is 0.968. The number of amides is 1. The Bertz CT molecular complexity index is 419. The lowest BCUT2D eigenvalue weighted by Gasteiger charge is -2.28. The number of aliphatic hydroxyl groups excluding tert-OH is 1. The molecule has 1 aromatic rings. The van der Waals surface area contributed by atoms with Crippen molar-refractivity contribution in [1.82, 2.24) is 4.90 Å². The van der Waals surface area contributed by atoms with Gasteiger partial charge in [-0.3, -0.25) is 4.79 Å². The van der Waals surface area contributed by atoms with Crippen molar-refractivity contribution < 1.29 is 9.90 Å². The summed E-state index contributed by atoms with van der Waals surface area (Å²) < 4.78 is 0. The maximum atomic E-state index is 12.4. The Morgan fingerprint density at radius 1 is 1.26 bits per heavy atom. The van der Waals surface area contributed by atoms with E-state index in [0.717, 1.165) is 37.8 Å². The Hall–Kier alpha value is -1.06. The number of nitrogens with zero attached hydrogens (tertiary/aromatic N) is 1. The van der Waals surface area contributed by atoms with E-state index >= 15 is 0 Å². The first kappa shape index (κ1) is 14.4. The molecule has 0 bridgehead atoms. The third kappa shape index (κ3) is 3.95. The molecular weight excluding hydrogens is 262 g/mol. The van der Waals surface area contributed by atoms with Crippen molar-refractivity contribution in [3.63, 3.8) is 0 Å². The first-order chi connectivity index (χ1) is 9.20. The summed E-state index contributed by atoms with van der Waals surface area (Å²) in [6, 6.07) is 7.35. The quantitative estimate of drug-likeness (QED) is 0.925. The minimum Gasteiger partial charge on any atom is -0.394 e. The molecule has 0 spiro atoms. The zero-order chi connectivity index (χ0) is 13.7. The van der Waals surface area contributed by atoms with Crippen LogP contribution in [0.5, 0.6) is 0 Å². The second kappa shape index (κ2) is 6.92. The highest BCUT2D eigenvalue weighted by Crippen LogP contribution is 2.18. The van der Waals surface area contributed by atoms with E-state index in [0.29, 0.717) is 11.4 Å². The highest BCUT2D eigenvalue weighted by molar-refractivity contribution is 6.30. The van der Waals surface area contributed by atoms with Crippen LogP contribution in [0.4, 0.5) is 0 Å². The molecule has 1 unspecified atom stereocenters. The molecule has 2 rings (SSSR count). The molecule has 1 aromatic carbocycles. The van der Waals surface area contributed by atoms with Crippen LogP contribution >= 0.6 is 11.6 Å². The van der Waals surface area contributed by atoms with E-state index in [9.17, 15) is 9.90 Å². The van der Waals surface area contributed by atoms with Crippen LogP contribution in [0.3, 0.4) is 0 Å². The molecule has 1 amide bonds. The molecule has 1 atom stereocenters. The summed E-state index contributed by atoms with van der Waals surface area (Å²) in [7, 11) is 0. The van der Waals surface area contributed by atoms with Crippen LogP contribution in [0, 0.1) is 0 Å². The Kier molecular flexibility index (Phi) is 5.23. The van der Waals surface area contributed by atoms with Gasteiger partial charge in [-0.25, -0.2) is 0 Å². The lowest BCUT2D eigenvalue weighted by molar-refractivity contribution is -0.133. The monoisotopic (exact) mass is 281 g/mol. The molecule has 1 N–H and O–H groups in total. The Labute approximate surface area is 119 Å². The molecule has 1 aliphatic rings. The minimum atomic E-state index is -0.0118. The molecule has 4 heteroatoms. The van der Waals surface area contributed by atoms with Crippen molar-refractivity contribution in [2.75, 3.05) is 13.2 Å². The summed E-state index contributed by atoms with van der Waals surface area (Å²) in [4.78, 5) is 14.2. The second-order valence-corrected chi connectivity index (χ2v) is 5.51. The molecule has 1 aliphatic heterocycles. The van der Waals surface area contributed by atoms with Crippen molar-refractivity contribution in [3.05, 3.63) is 34.9 Å². The fraction of sp³-hybridized carbons (Fsp3) is 0.533. The molecule has 3 nitrogen and oxygen atoms in total. The molecular formula is C15H20ClNO2. The van der Waals surface area contributed by atoms with E-state index in [4.69, 9.17) is 11.6 Å². The van der Waals surface area contributed by atoms with Crippen LogP contribution < -0.4 is 0 Å². The molecule has 0 saturated carbocycles. The Morgan fingerprint density at radius 2 is 2.00 bits per heavy atom. The van der Waals surface area contributed by atoms with Gasteiger partial charge in [-0.1, -0.05) is 36.6 Å². The number of hydrogen-bond donors (Lipinski definition) is 1. The smallest absolute Gasteiger partial charge is 0.227 e. The molecule has 1 heterocycles. The summed E-state index contributed by atoms with van der Waals surface area (Å²) in [5, 5.41) is 10.1. The lowest BCUT2D eigenvalue weighted by Crippen LogP contribution is -2.42. The largest absolute Gasteiger partial charge is 0.394 e. The standard InChI is InChI=1S/C15H20ClNO2/c16-13-7-5-12(6-8-13)10-15(19)17-9-3-1-2-4-14(17)11-18/h5-8,14,18H,1-4,9-11H2. The predicted octanol–water partition coefficient (Wildman–Crippen LogP) is 2.65. The molecule has 0 aromatic heterocycles. The lowest BCUT2D eigenvalue weighted by atomic mass is 10.1. The van der Waals surface area contributed by atoms with E-state index in [1.807, 2.05) is 17.0 Å². The highest BCUT2D eigenvalue weighted by atomic mass is 35.5. The Balaban J connectivity index is 2.02. The molecule has 1 saturated heterocycles. The summed E-state index contributed by atoms with van der Waals surface area (Å²) in [6.45, 7) is 0.823. The number of benzene rings is 1. The number of carbonyl (C=O) groups excluding carboxylic acids is 1. The van der Waals surface area contributed by atoms with E-state index in [1.165, 1.54) is 0 Å². The maximum Gasteiger partial charge on any atom is 0.227 e. The van der Waals surface area contributed by atoms with Crippen molar-refractivity contribution in [2.24, 2.45) is 0 Å². The van der Waals surface area contributed by atoms with E-state index in [-0.39, 0.29) is 18.6 Å². The first-order valence-corrected chi connectivity index (χ1v) is 7.23. The van der Waals surface area contributed by atoms with Crippen molar-refractivity contribution in [3.8, 4) is 0 Å². The molecule has 19 heavy (non-hydrogen) atoms. The zero-order valence-electron chi connectivity index (χ0n) is 11.0. The number of aliphatic hydroxyl groups is 1. The predicted molar refractivity (Wildman–Crippen MR) is 76.2 cm³/mol. The van der Waals surface area contributed by atoms with Gasteiger partial charge in [0.25, 0.3) is 0 Å². The number of rotatable bonds is 3. The fourth-order valence-electron chi connectivity index (χ4n) is 2.57. The molecule has 1 fully saturated rings. The normalized spacial score (nSPS) is 20.1. The van der Waals surface area contributed by atoms with Gasteiger partial charge in [0.05, 0.1) is 19.1 Å². The average molecular weight is 282 g/mol. The number of carbonyl (C=O) groups is 1. The summed E-state index contributed by atoms with van der Waals surface area (Å²) in [5.74, 6) is 0.100. The molecule has 104 valence electrons. The second-order valence-electron chi connectivity index (χ2n) is 5.08. The van der Waals surface area contributed by atoms with E-state index in [2.05, 4.69) is 0 Å². The minimum absolute atomic E-state index is 0.0118. The van der Waals surface area contributed by atoms with Crippen LogP contribution in [0.15, 0.2) is 24.3 Å². The van der Waals surface area contributed by atoms with Gasteiger partial charge in [0, 0.05) is 11.6 Å². The van der Waals surface area contributed by atoms with Crippen LogP contribution in [0.2, 0.25) is 5.02 Å². The van der Waals surface area contributed by atoms with Gasteiger partial charge < -0.3 is 10.0 Å². The summed E-state index contributed by atoms with van der Waals surface area (Å²) >= 11 is 5.84. The Morgan fingerprint density at radius 3 is 2.68 bits per heavy atom. The number of halogens is 1.